The number of anilines is 1. The van der Waals surface area contributed by atoms with E-state index in [4.69, 9.17) is 16.0 Å². The third-order valence-electron chi connectivity index (χ3n) is 4.04. The quantitative estimate of drug-likeness (QED) is 0.561. The first kappa shape index (κ1) is 18.3. The number of furan rings is 1. The van der Waals surface area contributed by atoms with Gasteiger partial charge in [-0.1, -0.05) is 11.6 Å². The minimum absolute atomic E-state index is 0. The molecule has 0 unspecified atom stereocenters. The first-order valence-corrected chi connectivity index (χ1v) is 8.13. The molecule has 0 saturated heterocycles. The van der Waals surface area contributed by atoms with Crippen molar-refractivity contribution in [3.05, 3.63) is 46.4 Å². The van der Waals surface area contributed by atoms with E-state index in [2.05, 4.69) is 30.2 Å². The molecule has 0 atom stereocenters. The highest BCUT2D eigenvalue weighted by Gasteiger charge is 2.18. The van der Waals surface area contributed by atoms with Crippen LogP contribution in [-0.2, 0) is 6.54 Å². The Morgan fingerprint density at radius 1 is 1.08 bits per heavy atom. The lowest BCUT2D eigenvalue weighted by molar-refractivity contribution is 0.650. The number of fused-ring (bicyclic) bond motifs is 3. The second-order valence-electron chi connectivity index (χ2n) is 5.81. The number of nitrogens with zero attached hydrogens (tertiary/aromatic N) is 5. The summed E-state index contributed by atoms with van der Waals surface area (Å²) in [7, 11) is 0. The summed E-state index contributed by atoms with van der Waals surface area (Å²) in [6, 6.07) is 0. The van der Waals surface area contributed by atoms with Crippen molar-refractivity contribution < 1.29 is 4.42 Å². The number of rotatable bonds is 3. The Labute approximate surface area is 160 Å². The monoisotopic (exact) mass is 390 g/mol. The van der Waals surface area contributed by atoms with Crippen molar-refractivity contribution >= 4 is 52.0 Å². The summed E-state index contributed by atoms with van der Waals surface area (Å²) in [5, 5.41) is 4.69. The van der Waals surface area contributed by atoms with Crippen LogP contribution in [0.4, 0.5) is 5.82 Å². The lowest BCUT2D eigenvalue weighted by Crippen LogP contribution is -2.03. The summed E-state index contributed by atoms with van der Waals surface area (Å²) >= 11 is 6.33. The Hall–Kier alpha value is -2.51. The number of nitrogens with one attached hydrogen (secondary N) is 1. The van der Waals surface area contributed by atoms with Crippen molar-refractivity contribution in [1.82, 2.24) is 24.9 Å². The van der Waals surface area contributed by atoms with Crippen LogP contribution in [0, 0.1) is 20.8 Å². The van der Waals surface area contributed by atoms with E-state index >= 15 is 0 Å². The maximum Gasteiger partial charge on any atom is 0.229 e. The predicted octanol–water partition coefficient (Wildman–Crippen LogP) is 4.17. The molecule has 4 aromatic rings. The topological polar surface area (TPSA) is 89.6 Å². The second kappa shape index (κ2) is 7.01. The van der Waals surface area contributed by atoms with Gasteiger partial charge in [-0.15, -0.1) is 12.4 Å². The maximum atomic E-state index is 6.33. The van der Waals surface area contributed by atoms with Crippen molar-refractivity contribution in [1.29, 1.82) is 0 Å². The van der Waals surface area contributed by atoms with Crippen LogP contribution in [0.15, 0.2) is 23.1 Å². The maximum absolute atomic E-state index is 6.33. The van der Waals surface area contributed by atoms with Crippen molar-refractivity contribution in [3.63, 3.8) is 0 Å². The average Bonchev–Trinajstić information content (AvgIpc) is 2.98. The molecule has 0 aromatic carbocycles. The molecule has 0 radical (unpaired) electrons. The van der Waals surface area contributed by atoms with Gasteiger partial charge in [0.05, 0.1) is 16.1 Å². The number of halogens is 2. The van der Waals surface area contributed by atoms with E-state index in [0.717, 1.165) is 28.0 Å². The van der Waals surface area contributed by atoms with Crippen molar-refractivity contribution in [2.45, 2.75) is 27.3 Å². The molecule has 4 aromatic heterocycles. The standard InChI is InChI=1S/C17H15ClN6O.ClH/c1-8-12-14-15(25-17(12)24-9(2)13(8)18)16(23-7-22-14)21-6-11-4-19-10(3)20-5-11;/h4-5,7H,6H2,1-3H3,(H,21,22,23);1H. The molecule has 9 heteroatoms. The molecule has 0 fully saturated rings. The van der Waals surface area contributed by atoms with Gasteiger partial charge in [0.1, 0.15) is 17.7 Å². The number of hydrogen-bond acceptors (Lipinski definition) is 7. The largest absolute Gasteiger partial charge is 0.432 e. The van der Waals surface area contributed by atoms with Gasteiger partial charge in [-0.25, -0.2) is 24.9 Å². The van der Waals surface area contributed by atoms with Crippen LogP contribution in [0.5, 0.6) is 0 Å². The molecule has 4 heterocycles. The van der Waals surface area contributed by atoms with E-state index < -0.39 is 0 Å². The number of aromatic nitrogens is 5. The van der Waals surface area contributed by atoms with Crippen LogP contribution >= 0.6 is 24.0 Å². The van der Waals surface area contributed by atoms with Crippen LogP contribution in [0.1, 0.15) is 22.6 Å². The smallest absolute Gasteiger partial charge is 0.229 e. The Bertz CT molecular complexity index is 1090. The van der Waals surface area contributed by atoms with E-state index in [0.29, 0.717) is 34.2 Å². The zero-order valence-electron chi connectivity index (χ0n) is 14.4. The zero-order valence-corrected chi connectivity index (χ0v) is 15.9. The van der Waals surface area contributed by atoms with Crippen LogP contribution in [0.3, 0.4) is 0 Å². The molecule has 7 nitrogen and oxygen atoms in total. The van der Waals surface area contributed by atoms with Crippen molar-refractivity contribution in [2.24, 2.45) is 0 Å². The summed E-state index contributed by atoms with van der Waals surface area (Å²) in [6.07, 6.45) is 5.06. The predicted molar refractivity (Wildman–Crippen MR) is 103 cm³/mol. The average molecular weight is 391 g/mol. The highest BCUT2D eigenvalue weighted by Crippen LogP contribution is 2.35. The van der Waals surface area contributed by atoms with Gasteiger partial charge in [0.15, 0.2) is 11.4 Å². The Kier molecular flexibility index (Phi) is 4.93. The Morgan fingerprint density at radius 2 is 1.81 bits per heavy atom. The number of hydrogen-bond donors (Lipinski definition) is 1. The van der Waals surface area contributed by atoms with Crippen LogP contribution < -0.4 is 5.32 Å². The zero-order chi connectivity index (χ0) is 17.6. The minimum atomic E-state index is 0. The summed E-state index contributed by atoms with van der Waals surface area (Å²) in [6.45, 7) is 6.16. The SMILES string of the molecule is Cc1ncc(CNc2ncnc3c2oc2nc(C)c(Cl)c(C)c23)cn1.Cl. The van der Waals surface area contributed by atoms with Gasteiger partial charge in [-0.2, -0.15) is 0 Å². The molecule has 0 bridgehead atoms. The molecule has 0 aliphatic carbocycles. The highest BCUT2D eigenvalue weighted by molar-refractivity contribution is 6.33. The van der Waals surface area contributed by atoms with Gasteiger partial charge < -0.3 is 9.73 Å². The molecule has 0 aliphatic heterocycles. The Morgan fingerprint density at radius 3 is 2.54 bits per heavy atom. The number of aryl methyl sites for hydroxylation is 3. The van der Waals surface area contributed by atoms with Gasteiger partial charge in [-0.3, -0.25) is 0 Å². The molecule has 26 heavy (non-hydrogen) atoms. The van der Waals surface area contributed by atoms with E-state index in [1.54, 1.807) is 12.4 Å². The molecular weight excluding hydrogens is 375 g/mol. The van der Waals surface area contributed by atoms with E-state index in [-0.39, 0.29) is 12.4 Å². The minimum Gasteiger partial charge on any atom is -0.432 e. The highest BCUT2D eigenvalue weighted by atomic mass is 35.5. The molecule has 0 spiro atoms. The normalized spacial score (nSPS) is 10.9. The van der Waals surface area contributed by atoms with Gasteiger partial charge in [0.2, 0.25) is 5.71 Å². The summed E-state index contributed by atoms with van der Waals surface area (Å²) < 4.78 is 5.92. The fourth-order valence-electron chi connectivity index (χ4n) is 2.72. The van der Waals surface area contributed by atoms with Crippen molar-refractivity contribution in [2.75, 3.05) is 5.32 Å². The number of pyridine rings is 1. The first-order chi connectivity index (χ1) is 12.0. The molecular formula is C17H16Cl2N6O. The fourth-order valence-corrected chi connectivity index (χ4v) is 2.86. The van der Waals surface area contributed by atoms with Crippen LogP contribution in [0.25, 0.3) is 22.2 Å². The van der Waals surface area contributed by atoms with Crippen LogP contribution in [-0.4, -0.2) is 24.9 Å². The second-order valence-corrected chi connectivity index (χ2v) is 6.19. The van der Waals surface area contributed by atoms with Gasteiger partial charge in [0.25, 0.3) is 0 Å². The molecule has 0 aliphatic rings. The third kappa shape index (κ3) is 3.04. The van der Waals surface area contributed by atoms with E-state index in [9.17, 15) is 0 Å². The van der Waals surface area contributed by atoms with Gasteiger partial charge in [0, 0.05) is 24.5 Å². The molecule has 1 N–H and O–H groups in total. The summed E-state index contributed by atoms with van der Waals surface area (Å²) in [5.74, 6) is 1.33. The lowest BCUT2D eigenvalue weighted by Gasteiger charge is -2.05. The third-order valence-corrected chi connectivity index (χ3v) is 4.60. The molecule has 0 amide bonds. The lowest BCUT2D eigenvalue weighted by atomic mass is 10.1. The summed E-state index contributed by atoms with van der Waals surface area (Å²) in [5.41, 5.74) is 4.34. The molecule has 0 saturated carbocycles. The van der Waals surface area contributed by atoms with Gasteiger partial charge in [-0.05, 0) is 26.3 Å². The molecule has 134 valence electrons. The summed E-state index contributed by atoms with van der Waals surface area (Å²) in [4.78, 5) is 21.5. The first-order valence-electron chi connectivity index (χ1n) is 7.76. The fraction of sp³-hybridized carbons (Fsp3) is 0.235. The van der Waals surface area contributed by atoms with Gasteiger partial charge >= 0.3 is 0 Å². The van der Waals surface area contributed by atoms with Crippen LogP contribution in [0.2, 0.25) is 5.02 Å². The van der Waals surface area contributed by atoms with Crippen molar-refractivity contribution in [3.8, 4) is 0 Å². The van der Waals surface area contributed by atoms with E-state index in [1.807, 2.05) is 20.8 Å². The van der Waals surface area contributed by atoms with E-state index in [1.165, 1.54) is 6.33 Å². The Balaban J connectivity index is 0.00000196. The molecule has 4 rings (SSSR count).